The summed E-state index contributed by atoms with van der Waals surface area (Å²) in [5, 5.41) is 6.31. The maximum atomic E-state index is 14.9. The highest BCUT2D eigenvalue weighted by atomic mass is 35.5. The molecule has 2 bridgehead atoms. The van der Waals surface area contributed by atoms with Crippen LogP contribution in [0.4, 0.5) is 57.9 Å². The smallest absolute Gasteiger partial charge is 0.226 e. The third-order valence-electron chi connectivity index (χ3n) is 12.4. The van der Waals surface area contributed by atoms with Crippen LogP contribution >= 0.6 is 11.6 Å². The number of nitrogens with zero attached hydrogens (tertiary/aromatic N) is 8. The van der Waals surface area contributed by atoms with E-state index in [1.54, 1.807) is 37.4 Å². The number of ether oxygens (including phenoxy) is 1. The lowest BCUT2D eigenvalue weighted by Crippen LogP contribution is -2.43. The summed E-state index contributed by atoms with van der Waals surface area (Å²) in [4.78, 5) is 28.6. The van der Waals surface area contributed by atoms with Gasteiger partial charge in [-0.2, -0.15) is 4.98 Å². The maximum Gasteiger partial charge on any atom is 0.226 e. The second-order valence-electron chi connectivity index (χ2n) is 17.2. The second kappa shape index (κ2) is 15.9. The molecule has 1 saturated heterocycles. The standard InChI is InChI=1S/C29H34F2N6O.C15H15ClF2N4/c1-29(2)16-37(22-7-5-6-21(30)26(22)31)28-25(29)27(32-3)34-23(35-28)13-20-17-8-9-18(20)15-36(14-17)19-10-11-33-24(12-19)38-4;1-15(2)7-22(9-6-4-5-8(17)11(9)18)13-10(15)12(19-3)20-14(16)21-13/h5-7,10-12,17-18,20H,8-9,13-16H2,1-4H3,(H,32,34,35);4-6H,7H2,1-3H3,(H,19,20,21). The number of nitrogens with one attached hydrogen (secondary N) is 2. The number of piperidine rings is 1. The third kappa shape index (κ3) is 7.38. The molecule has 9 rings (SSSR count). The van der Waals surface area contributed by atoms with Crippen LogP contribution in [0.25, 0.3) is 0 Å². The summed E-state index contributed by atoms with van der Waals surface area (Å²) in [7, 11) is 5.24. The highest BCUT2D eigenvalue weighted by Crippen LogP contribution is 2.50. The molecule has 316 valence electrons. The number of rotatable bonds is 8. The molecule has 11 nitrogen and oxygen atoms in total. The largest absolute Gasteiger partial charge is 0.481 e. The SMILES string of the molecule is CNc1nc(CC2C3CCC2CN(c2ccnc(OC)c2)C3)nc2c1C(C)(C)CN2c1cccc(F)c1F.CNc1nc(Cl)nc2c1C(C)(C)CN2c1cccc(F)c1F. The first-order valence-electron chi connectivity index (χ1n) is 20.2. The Balaban J connectivity index is 0.000000193. The number of methoxy groups -OCH3 is 1. The molecule has 3 aliphatic heterocycles. The van der Waals surface area contributed by atoms with Crippen LogP contribution in [0, 0.1) is 41.0 Å². The minimum Gasteiger partial charge on any atom is -0.481 e. The van der Waals surface area contributed by atoms with Crippen LogP contribution in [0.2, 0.25) is 5.28 Å². The average molecular weight is 845 g/mol. The quantitative estimate of drug-likeness (QED) is 0.115. The van der Waals surface area contributed by atoms with E-state index in [2.05, 4.69) is 44.3 Å². The van der Waals surface area contributed by atoms with Crippen molar-refractivity contribution < 1.29 is 22.3 Å². The van der Waals surface area contributed by atoms with E-state index in [4.69, 9.17) is 26.3 Å². The topological polar surface area (TPSA) is 107 Å². The molecule has 16 heteroatoms. The van der Waals surface area contributed by atoms with Crippen molar-refractivity contribution in [3.05, 3.63) is 100 Å². The van der Waals surface area contributed by atoms with Gasteiger partial charge >= 0.3 is 0 Å². The van der Waals surface area contributed by atoms with Crippen LogP contribution in [0.15, 0.2) is 54.7 Å². The lowest BCUT2D eigenvalue weighted by molar-refractivity contribution is 0.265. The summed E-state index contributed by atoms with van der Waals surface area (Å²) in [6.45, 7) is 11.1. The van der Waals surface area contributed by atoms with Gasteiger partial charge in [0, 0.05) is 86.6 Å². The van der Waals surface area contributed by atoms with Crippen molar-refractivity contribution in [3.8, 4) is 5.88 Å². The molecule has 1 aliphatic carbocycles. The summed E-state index contributed by atoms with van der Waals surface area (Å²) in [5.74, 6) is 1.98. The number of fused-ring (bicyclic) bond motifs is 4. The molecule has 3 aromatic heterocycles. The molecule has 4 aliphatic rings. The highest BCUT2D eigenvalue weighted by molar-refractivity contribution is 6.28. The van der Waals surface area contributed by atoms with Gasteiger partial charge in [-0.1, -0.05) is 39.8 Å². The Labute approximate surface area is 352 Å². The molecule has 2 aromatic carbocycles. The number of anilines is 7. The van der Waals surface area contributed by atoms with Crippen LogP contribution < -0.4 is 30.1 Å². The first-order valence-corrected chi connectivity index (χ1v) is 20.5. The van der Waals surface area contributed by atoms with Crippen molar-refractivity contribution in [2.75, 3.05) is 72.7 Å². The van der Waals surface area contributed by atoms with Crippen molar-refractivity contribution >= 4 is 51.9 Å². The van der Waals surface area contributed by atoms with Crippen LogP contribution in [0.5, 0.6) is 5.88 Å². The number of hydrogen-bond donors (Lipinski definition) is 2. The molecule has 60 heavy (non-hydrogen) atoms. The number of pyridine rings is 1. The van der Waals surface area contributed by atoms with Gasteiger partial charge in [0.15, 0.2) is 23.3 Å². The van der Waals surface area contributed by atoms with Crippen molar-refractivity contribution in [1.29, 1.82) is 0 Å². The summed E-state index contributed by atoms with van der Waals surface area (Å²) < 4.78 is 62.1. The maximum absolute atomic E-state index is 14.9. The van der Waals surface area contributed by atoms with E-state index >= 15 is 0 Å². The van der Waals surface area contributed by atoms with Crippen LogP contribution in [0.3, 0.4) is 0 Å². The van der Waals surface area contributed by atoms with Gasteiger partial charge in [-0.25, -0.2) is 37.5 Å². The van der Waals surface area contributed by atoms with Gasteiger partial charge < -0.3 is 30.1 Å². The molecule has 2 atom stereocenters. The lowest BCUT2D eigenvalue weighted by Gasteiger charge is -2.39. The molecule has 2 fully saturated rings. The fourth-order valence-corrected chi connectivity index (χ4v) is 9.87. The molecule has 2 unspecified atom stereocenters. The number of aromatic nitrogens is 5. The molecule has 2 N–H and O–H groups in total. The molecule has 0 spiro atoms. The Morgan fingerprint density at radius 3 is 1.82 bits per heavy atom. The fraction of sp³-hybridized carbons (Fsp3) is 0.432. The van der Waals surface area contributed by atoms with Crippen LogP contribution in [-0.2, 0) is 17.3 Å². The molecule has 5 aromatic rings. The monoisotopic (exact) mass is 844 g/mol. The number of halogens is 5. The third-order valence-corrected chi connectivity index (χ3v) is 12.6. The molecule has 0 amide bonds. The summed E-state index contributed by atoms with van der Waals surface area (Å²) in [5.41, 5.74) is 2.61. The van der Waals surface area contributed by atoms with Crippen molar-refractivity contribution in [2.24, 2.45) is 17.8 Å². The summed E-state index contributed by atoms with van der Waals surface area (Å²) in [6, 6.07) is 12.5. The first-order chi connectivity index (χ1) is 28.6. The minimum atomic E-state index is -0.896. The number of benzene rings is 2. The van der Waals surface area contributed by atoms with E-state index in [1.807, 2.05) is 37.9 Å². The van der Waals surface area contributed by atoms with Crippen molar-refractivity contribution in [2.45, 2.75) is 57.8 Å². The molecular weight excluding hydrogens is 796 g/mol. The minimum absolute atomic E-state index is 0.0580. The van der Waals surface area contributed by atoms with Gasteiger partial charge in [0.25, 0.3) is 0 Å². The number of hydrogen-bond acceptors (Lipinski definition) is 11. The van der Waals surface area contributed by atoms with E-state index < -0.39 is 23.3 Å². The van der Waals surface area contributed by atoms with E-state index in [1.165, 1.54) is 25.0 Å². The van der Waals surface area contributed by atoms with Crippen LogP contribution in [-0.4, -0.2) is 72.3 Å². The van der Waals surface area contributed by atoms with Crippen LogP contribution in [0.1, 0.15) is 57.5 Å². The van der Waals surface area contributed by atoms with E-state index in [9.17, 15) is 17.6 Å². The van der Waals surface area contributed by atoms with Gasteiger partial charge in [0.05, 0.1) is 18.5 Å². The van der Waals surface area contributed by atoms with Gasteiger partial charge in [0.2, 0.25) is 11.2 Å². The highest BCUT2D eigenvalue weighted by Gasteiger charge is 2.45. The zero-order chi connectivity index (χ0) is 42.7. The Morgan fingerprint density at radius 2 is 1.28 bits per heavy atom. The Bertz CT molecular complexity index is 2420. The van der Waals surface area contributed by atoms with Gasteiger partial charge in [-0.3, -0.25) is 0 Å². The lowest BCUT2D eigenvalue weighted by atomic mass is 9.82. The predicted molar refractivity (Wildman–Crippen MR) is 227 cm³/mol. The molecule has 6 heterocycles. The van der Waals surface area contributed by atoms with Gasteiger partial charge in [0.1, 0.15) is 29.1 Å². The Kier molecular flexibility index (Phi) is 10.9. The Hall–Kier alpha value is -5.44. The molecular formula is C44H49ClF4N10O. The zero-order valence-electron chi connectivity index (χ0n) is 34.8. The normalized spacial score (nSPS) is 20.7. The molecule has 0 radical (unpaired) electrons. The van der Waals surface area contributed by atoms with E-state index in [0.717, 1.165) is 60.1 Å². The van der Waals surface area contributed by atoms with E-state index in [0.29, 0.717) is 54.2 Å². The molecule has 1 saturated carbocycles. The van der Waals surface area contributed by atoms with Gasteiger partial charge in [-0.15, -0.1) is 0 Å². The first kappa shape index (κ1) is 41.3. The average Bonchev–Trinajstić information content (AvgIpc) is 3.74. The predicted octanol–water partition coefficient (Wildman–Crippen LogP) is 9.21. The summed E-state index contributed by atoms with van der Waals surface area (Å²) in [6.07, 6.45) is 4.94. The van der Waals surface area contributed by atoms with Crippen molar-refractivity contribution in [1.82, 2.24) is 24.9 Å². The second-order valence-corrected chi connectivity index (χ2v) is 17.6. The van der Waals surface area contributed by atoms with E-state index in [-0.39, 0.29) is 27.5 Å². The summed E-state index contributed by atoms with van der Waals surface area (Å²) >= 11 is 5.97. The van der Waals surface area contributed by atoms with Crippen molar-refractivity contribution in [3.63, 3.8) is 0 Å². The van der Waals surface area contributed by atoms with Gasteiger partial charge in [-0.05, 0) is 72.5 Å². The Morgan fingerprint density at radius 1 is 0.750 bits per heavy atom. The fourth-order valence-electron chi connectivity index (χ4n) is 9.70. The zero-order valence-corrected chi connectivity index (χ0v) is 35.5.